The van der Waals surface area contributed by atoms with E-state index in [9.17, 15) is 13.2 Å². The van der Waals surface area contributed by atoms with Gasteiger partial charge in [-0.15, -0.1) is 15.7 Å². The van der Waals surface area contributed by atoms with Crippen LogP contribution in [0.25, 0.3) is 0 Å². The third-order valence-corrected chi connectivity index (χ3v) is 6.47. The van der Waals surface area contributed by atoms with E-state index in [4.69, 9.17) is 5.11 Å². The topological polar surface area (TPSA) is 87.0 Å². The first-order valence-electron chi connectivity index (χ1n) is 6.36. The maximum absolute atomic E-state index is 12.0. The summed E-state index contributed by atoms with van der Waals surface area (Å²) in [4.78, 5) is 13.2. The van der Waals surface area contributed by atoms with Gasteiger partial charge in [0.15, 0.2) is 0 Å². The highest BCUT2D eigenvalue weighted by Gasteiger charge is 2.15. The summed E-state index contributed by atoms with van der Waals surface area (Å²) in [5.41, 5.74) is 0.210. The third-order valence-electron chi connectivity index (χ3n) is 2.55. The first kappa shape index (κ1) is 17.5. The molecule has 0 amide bonds. The fraction of sp³-hybridized carbons (Fsp3) is 0.143. The van der Waals surface area contributed by atoms with E-state index in [0.717, 1.165) is 20.4 Å². The lowest BCUT2D eigenvalue weighted by molar-refractivity contribution is 0.0697. The number of nitrogens with zero attached hydrogens (tertiary/aromatic N) is 2. The van der Waals surface area contributed by atoms with Crippen LogP contribution in [0, 0.1) is 0 Å². The number of thiophene rings is 1. The summed E-state index contributed by atoms with van der Waals surface area (Å²) in [6.07, 6.45) is 1.24. The van der Waals surface area contributed by atoms with Crippen molar-refractivity contribution in [2.75, 3.05) is 14.1 Å². The second-order valence-corrected chi connectivity index (χ2v) is 8.98. The Balaban J connectivity index is 2.15. The third kappa shape index (κ3) is 4.81. The number of sulfonamides is 1. The highest BCUT2D eigenvalue weighted by Crippen LogP contribution is 2.35. The molecule has 0 radical (unpaired) electrons. The molecule has 0 saturated heterocycles. The average molecular weight is 370 g/mol. The Labute approximate surface area is 142 Å². The molecule has 1 heterocycles. The van der Waals surface area contributed by atoms with Crippen LogP contribution in [0.5, 0.6) is 0 Å². The number of carbonyl (C=O) groups is 1. The van der Waals surface area contributed by atoms with E-state index < -0.39 is 16.0 Å². The van der Waals surface area contributed by atoms with Crippen LogP contribution in [0.1, 0.15) is 10.4 Å². The van der Waals surface area contributed by atoms with Gasteiger partial charge in [0.25, 0.3) is 10.0 Å². The maximum atomic E-state index is 12.0. The van der Waals surface area contributed by atoms with Gasteiger partial charge in [0.05, 0.1) is 9.77 Å². The van der Waals surface area contributed by atoms with Crippen LogP contribution in [0.3, 0.4) is 0 Å². The smallest absolute Gasteiger partial charge is 0.335 e. The summed E-state index contributed by atoms with van der Waals surface area (Å²) in [5.74, 6) is -0.982. The van der Waals surface area contributed by atoms with Gasteiger partial charge in [-0.1, -0.05) is 11.8 Å². The highest BCUT2D eigenvalue weighted by molar-refractivity contribution is 8.01. The Morgan fingerprint density at radius 1 is 1.22 bits per heavy atom. The molecule has 1 N–H and O–H groups in total. The van der Waals surface area contributed by atoms with Gasteiger partial charge < -0.3 is 10.0 Å². The standard InChI is InChI=1S/C14H14N2O4S3/c1-16(2)9-15-23(19,20)13-8-7-12(22-13)21-11-5-3-10(4-6-11)14(17)18/h3-9H,1-2H3,(H,17,18)/b15-9+. The van der Waals surface area contributed by atoms with Crippen molar-refractivity contribution in [3.05, 3.63) is 42.0 Å². The average Bonchev–Trinajstić information content (AvgIpc) is 2.95. The number of carboxylic acid groups (broad SMARTS) is 1. The predicted molar refractivity (Wildman–Crippen MR) is 91.2 cm³/mol. The fourth-order valence-corrected chi connectivity index (χ4v) is 4.96. The van der Waals surface area contributed by atoms with Crippen LogP contribution < -0.4 is 0 Å². The van der Waals surface area contributed by atoms with Gasteiger partial charge in [0.1, 0.15) is 10.5 Å². The molecule has 122 valence electrons. The van der Waals surface area contributed by atoms with Gasteiger partial charge in [-0.3, -0.25) is 0 Å². The molecule has 23 heavy (non-hydrogen) atoms. The molecule has 6 nitrogen and oxygen atoms in total. The number of hydrogen-bond acceptors (Lipinski definition) is 5. The molecule has 1 aromatic carbocycles. The van der Waals surface area contributed by atoms with Gasteiger partial charge in [-0.2, -0.15) is 8.42 Å². The molecular weight excluding hydrogens is 356 g/mol. The van der Waals surface area contributed by atoms with Crippen LogP contribution in [-0.2, 0) is 10.0 Å². The van der Waals surface area contributed by atoms with E-state index in [1.807, 2.05) is 0 Å². The van der Waals surface area contributed by atoms with Crippen molar-refractivity contribution < 1.29 is 18.3 Å². The quantitative estimate of drug-likeness (QED) is 0.621. The monoisotopic (exact) mass is 370 g/mol. The summed E-state index contributed by atoms with van der Waals surface area (Å²) in [5, 5.41) is 8.86. The van der Waals surface area contributed by atoms with Crippen LogP contribution in [-0.4, -0.2) is 44.8 Å². The summed E-state index contributed by atoms with van der Waals surface area (Å²) in [7, 11) is -0.310. The van der Waals surface area contributed by atoms with Crippen molar-refractivity contribution in [2.24, 2.45) is 4.40 Å². The molecule has 2 rings (SSSR count). The fourth-order valence-electron chi connectivity index (χ4n) is 1.49. The van der Waals surface area contributed by atoms with E-state index >= 15 is 0 Å². The Morgan fingerprint density at radius 2 is 1.87 bits per heavy atom. The summed E-state index contributed by atoms with van der Waals surface area (Å²) >= 11 is 2.49. The maximum Gasteiger partial charge on any atom is 0.335 e. The van der Waals surface area contributed by atoms with E-state index in [1.165, 1.54) is 36.3 Å². The van der Waals surface area contributed by atoms with Crippen molar-refractivity contribution in [3.63, 3.8) is 0 Å². The molecule has 2 aromatic rings. The van der Waals surface area contributed by atoms with Crippen molar-refractivity contribution >= 4 is 45.4 Å². The number of hydrogen-bond donors (Lipinski definition) is 1. The van der Waals surface area contributed by atoms with Gasteiger partial charge >= 0.3 is 5.97 Å². The first-order valence-corrected chi connectivity index (χ1v) is 9.43. The zero-order chi connectivity index (χ0) is 17.0. The van der Waals surface area contributed by atoms with E-state index in [0.29, 0.717) is 0 Å². The molecule has 0 aliphatic carbocycles. The van der Waals surface area contributed by atoms with Gasteiger partial charge in [0, 0.05) is 19.0 Å². The normalized spacial score (nSPS) is 11.7. The van der Waals surface area contributed by atoms with E-state index in [1.54, 1.807) is 37.2 Å². The molecule has 1 aromatic heterocycles. The van der Waals surface area contributed by atoms with Crippen molar-refractivity contribution in [3.8, 4) is 0 Å². The Bertz CT molecular complexity index is 824. The minimum Gasteiger partial charge on any atom is -0.478 e. The number of benzene rings is 1. The Hall–Kier alpha value is -1.84. The minimum atomic E-state index is -3.69. The lowest BCUT2D eigenvalue weighted by atomic mass is 10.2. The number of aromatic carboxylic acids is 1. The molecular formula is C14H14N2O4S3. The molecule has 0 atom stereocenters. The molecule has 0 aliphatic rings. The molecule has 9 heteroatoms. The second kappa shape index (κ2) is 7.16. The summed E-state index contributed by atoms with van der Waals surface area (Å²) < 4.78 is 28.6. The largest absolute Gasteiger partial charge is 0.478 e. The summed E-state index contributed by atoms with van der Waals surface area (Å²) in [6.45, 7) is 0. The highest BCUT2D eigenvalue weighted by atomic mass is 32.3. The minimum absolute atomic E-state index is 0.167. The van der Waals surface area contributed by atoms with Crippen LogP contribution in [0.15, 0.2) is 54.1 Å². The van der Waals surface area contributed by atoms with Gasteiger partial charge in [-0.05, 0) is 36.4 Å². The molecule has 0 unspecified atom stereocenters. The molecule has 0 bridgehead atoms. The zero-order valence-electron chi connectivity index (χ0n) is 12.3. The number of carboxylic acids is 1. The molecule has 0 saturated carbocycles. The first-order chi connectivity index (χ1) is 10.8. The van der Waals surface area contributed by atoms with Crippen LogP contribution in [0.4, 0.5) is 0 Å². The number of rotatable bonds is 6. The molecule has 0 spiro atoms. The van der Waals surface area contributed by atoms with Gasteiger partial charge in [0.2, 0.25) is 0 Å². The van der Waals surface area contributed by atoms with E-state index in [2.05, 4.69) is 4.40 Å². The lowest BCUT2D eigenvalue weighted by Gasteiger charge is -2.01. The van der Waals surface area contributed by atoms with Gasteiger partial charge in [-0.25, -0.2) is 4.79 Å². The van der Waals surface area contributed by atoms with Crippen molar-refractivity contribution in [1.82, 2.24) is 4.90 Å². The van der Waals surface area contributed by atoms with Crippen molar-refractivity contribution in [2.45, 2.75) is 13.3 Å². The zero-order valence-corrected chi connectivity index (χ0v) is 14.8. The molecule has 0 fully saturated rings. The Kier molecular flexibility index (Phi) is 5.45. The van der Waals surface area contributed by atoms with Crippen LogP contribution in [0.2, 0.25) is 0 Å². The Morgan fingerprint density at radius 3 is 2.43 bits per heavy atom. The summed E-state index contributed by atoms with van der Waals surface area (Å²) in [6, 6.07) is 9.62. The second-order valence-electron chi connectivity index (χ2n) is 4.66. The molecule has 0 aliphatic heterocycles. The van der Waals surface area contributed by atoms with Crippen LogP contribution >= 0.6 is 23.1 Å². The SMILES string of the molecule is CN(C)/C=N/S(=O)(=O)c1ccc(Sc2ccc(C(=O)O)cc2)s1. The van der Waals surface area contributed by atoms with Crippen molar-refractivity contribution in [1.29, 1.82) is 0 Å². The van der Waals surface area contributed by atoms with E-state index in [-0.39, 0.29) is 9.77 Å². The lowest BCUT2D eigenvalue weighted by Crippen LogP contribution is -2.09. The predicted octanol–water partition coefficient (Wildman–Crippen LogP) is 2.88.